The number of aromatic amines is 1. The van der Waals surface area contributed by atoms with Gasteiger partial charge in [-0.1, -0.05) is 18.2 Å². The molecule has 0 aliphatic carbocycles. The Balaban J connectivity index is 1.75. The van der Waals surface area contributed by atoms with Crippen LogP contribution in [0.4, 0.5) is 0 Å². The zero-order valence-corrected chi connectivity index (χ0v) is 12.3. The van der Waals surface area contributed by atoms with Crippen molar-refractivity contribution >= 4 is 44.1 Å². The normalized spacial score (nSPS) is 10.8. The van der Waals surface area contributed by atoms with Crippen molar-refractivity contribution in [1.29, 1.82) is 0 Å². The number of nitrogens with one attached hydrogen (secondary N) is 2. The summed E-state index contributed by atoms with van der Waals surface area (Å²) in [5, 5.41) is 5.95. The molecule has 0 bridgehead atoms. The number of carbonyl (C=O) groups is 1. The van der Waals surface area contributed by atoms with E-state index in [1.807, 2.05) is 41.8 Å². The second kappa shape index (κ2) is 5.19. The predicted molar refractivity (Wildman–Crippen MR) is 81.5 cm³/mol. The largest absolute Gasteiger partial charge is 0.351 e. The van der Waals surface area contributed by atoms with Gasteiger partial charge in [-0.3, -0.25) is 4.79 Å². The minimum Gasteiger partial charge on any atom is -0.351 e. The molecule has 19 heavy (non-hydrogen) atoms. The zero-order chi connectivity index (χ0) is 13.2. The number of hydrogen-bond acceptors (Lipinski definition) is 2. The van der Waals surface area contributed by atoms with Gasteiger partial charge in [0.15, 0.2) is 0 Å². The quantitative estimate of drug-likeness (QED) is 0.749. The van der Waals surface area contributed by atoms with Crippen LogP contribution in [-0.2, 0) is 6.54 Å². The molecule has 1 amide bonds. The summed E-state index contributed by atoms with van der Waals surface area (Å²) in [6.45, 7) is 0.534. The first-order chi connectivity index (χ1) is 9.24. The van der Waals surface area contributed by atoms with Gasteiger partial charge in [-0.05, 0) is 39.5 Å². The van der Waals surface area contributed by atoms with Gasteiger partial charge in [0.2, 0.25) is 0 Å². The highest BCUT2D eigenvalue weighted by Gasteiger charge is 2.10. The summed E-state index contributed by atoms with van der Waals surface area (Å²) in [5.74, 6) is -0.0866. The Bertz CT molecular complexity index is 699. The number of aromatic nitrogens is 1. The smallest absolute Gasteiger partial charge is 0.268 e. The molecule has 0 atom stereocenters. The number of benzene rings is 1. The van der Waals surface area contributed by atoms with Gasteiger partial charge in [-0.2, -0.15) is 0 Å². The topological polar surface area (TPSA) is 44.9 Å². The second-order valence-corrected chi connectivity index (χ2v) is 6.00. The van der Waals surface area contributed by atoms with Crippen molar-refractivity contribution in [2.24, 2.45) is 0 Å². The molecule has 0 spiro atoms. The number of thiophene rings is 1. The van der Waals surface area contributed by atoms with Crippen molar-refractivity contribution in [1.82, 2.24) is 10.3 Å². The first-order valence-corrected chi connectivity index (χ1v) is 7.49. The molecule has 3 nitrogen and oxygen atoms in total. The van der Waals surface area contributed by atoms with Gasteiger partial charge < -0.3 is 10.3 Å². The van der Waals surface area contributed by atoms with Crippen LogP contribution in [0.2, 0.25) is 0 Å². The Morgan fingerprint density at radius 1 is 1.32 bits per heavy atom. The van der Waals surface area contributed by atoms with Gasteiger partial charge in [-0.25, -0.2) is 0 Å². The van der Waals surface area contributed by atoms with Crippen LogP contribution in [0.25, 0.3) is 10.9 Å². The Morgan fingerprint density at radius 2 is 2.16 bits per heavy atom. The maximum atomic E-state index is 12.1. The van der Waals surface area contributed by atoms with E-state index < -0.39 is 0 Å². The van der Waals surface area contributed by atoms with E-state index in [9.17, 15) is 4.79 Å². The van der Waals surface area contributed by atoms with E-state index in [4.69, 9.17) is 0 Å². The lowest BCUT2D eigenvalue weighted by Crippen LogP contribution is -2.22. The van der Waals surface area contributed by atoms with Crippen LogP contribution >= 0.6 is 27.3 Å². The molecule has 0 saturated heterocycles. The number of amides is 1. The van der Waals surface area contributed by atoms with Crippen molar-refractivity contribution in [3.05, 3.63) is 56.8 Å². The number of rotatable bonds is 3. The number of para-hydroxylation sites is 1. The average Bonchev–Trinajstić information content (AvgIpc) is 3.01. The zero-order valence-electron chi connectivity index (χ0n) is 9.94. The van der Waals surface area contributed by atoms with Gasteiger partial charge in [0.25, 0.3) is 5.91 Å². The van der Waals surface area contributed by atoms with Gasteiger partial charge >= 0.3 is 0 Å². The third kappa shape index (κ3) is 2.57. The summed E-state index contributed by atoms with van der Waals surface area (Å²) in [5.41, 5.74) is 1.57. The van der Waals surface area contributed by atoms with Gasteiger partial charge in [0, 0.05) is 20.3 Å². The summed E-state index contributed by atoms with van der Waals surface area (Å²) in [7, 11) is 0. The highest BCUT2D eigenvalue weighted by Crippen LogP contribution is 2.22. The number of H-pyrrole nitrogens is 1. The van der Waals surface area contributed by atoms with Crippen LogP contribution < -0.4 is 5.32 Å². The van der Waals surface area contributed by atoms with Crippen LogP contribution in [0.1, 0.15) is 15.4 Å². The van der Waals surface area contributed by atoms with Crippen molar-refractivity contribution in [3.8, 4) is 0 Å². The van der Waals surface area contributed by atoms with Crippen LogP contribution in [0.15, 0.2) is 46.3 Å². The lowest BCUT2D eigenvalue weighted by Gasteiger charge is -2.02. The van der Waals surface area contributed by atoms with Crippen molar-refractivity contribution < 1.29 is 4.79 Å². The first kappa shape index (κ1) is 12.4. The molecule has 0 unspecified atom stereocenters. The molecule has 1 aromatic carbocycles. The van der Waals surface area contributed by atoms with Gasteiger partial charge in [0.05, 0.1) is 6.54 Å². The van der Waals surface area contributed by atoms with E-state index in [2.05, 4.69) is 26.2 Å². The summed E-state index contributed by atoms with van der Waals surface area (Å²) >= 11 is 5.07. The second-order valence-electron chi connectivity index (χ2n) is 4.14. The van der Waals surface area contributed by atoms with E-state index in [-0.39, 0.29) is 5.91 Å². The minimum atomic E-state index is -0.0866. The number of hydrogen-bond donors (Lipinski definition) is 2. The Morgan fingerprint density at radius 3 is 2.89 bits per heavy atom. The van der Waals surface area contributed by atoms with E-state index in [1.165, 1.54) is 0 Å². The number of carbonyl (C=O) groups excluding carboxylic acids is 1. The number of fused-ring (bicyclic) bond motifs is 1. The molecule has 5 heteroatoms. The summed E-state index contributed by atoms with van der Waals surface area (Å²) in [4.78, 5) is 16.3. The molecule has 0 saturated carbocycles. The summed E-state index contributed by atoms with van der Waals surface area (Å²) in [6, 6.07) is 11.7. The van der Waals surface area contributed by atoms with Gasteiger partial charge in [-0.15, -0.1) is 11.3 Å². The van der Waals surface area contributed by atoms with Gasteiger partial charge in [0.1, 0.15) is 5.69 Å². The standard InChI is InChI=1S/C14H11BrN2OS/c15-10-5-6-19-13(10)8-16-14(18)12-7-9-3-1-2-4-11(9)17-12/h1-7,17H,8H2,(H,16,18). The molecule has 0 radical (unpaired) electrons. The number of halogens is 1. The monoisotopic (exact) mass is 334 g/mol. The lowest BCUT2D eigenvalue weighted by atomic mass is 10.2. The fourth-order valence-electron chi connectivity index (χ4n) is 1.90. The Kier molecular flexibility index (Phi) is 3.40. The van der Waals surface area contributed by atoms with E-state index in [1.54, 1.807) is 11.3 Å². The third-order valence-electron chi connectivity index (χ3n) is 2.88. The van der Waals surface area contributed by atoms with Crippen molar-refractivity contribution in [2.75, 3.05) is 0 Å². The van der Waals surface area contributed by atoms with Crippen LogP contribution in [0.3, 0.4) is 0 Å². The maximum Gasteiger partial charge on any atom is 0.268 e. The molecule has 0 aliphatic rings. The van der Waals surface area contributed by atoms with E-state index >= 15 is 0 Å². The molecule has 3 aromatic rings. The first-order valence-electron chi connectivity index (χ1n) is 5.82. The predicted octanol–water partition coefficient (Wildman–Crippen LogP) is 3.92. The fraction of sp³-hybridized carbons (Fsp3) is 0.0714. The molecule has 0 fully saturated rings. The van der Waals surface area contributed by atoms with E-state index in [0.29, 0.717) is 12.2 Å². The molecular formula is C14H11BrN2OS. The molecule has 3 rings (SSSR count). The highest BCUT2D eigenvalue weighted by atomic mass is 79.9. The molecule has 2 heterocycles. The average molecular weight is 335 g/mol. The minimum absolute atomic E-state index is 0.0866. The van der Waals surface area contributed by atoms with Crippen LogP contribution in [0.5, 0.6) is 0 Å². The lowest BCUT2D eigenvalue weighted by molar-refractivity contribution is 0.0947. The molecule has 2 N–H and O–H groups in total. The van der Waals surface area contributed by atoms with Crippen molar-refractivity contribution in [3.63, 3.8) is 0 Å². The van der Waals surface area contributed by atoms with E-state index in [0.717, 1.165) is 20.3 Å². The van der Waals surface area contributed by atoms with Crippen LogP contribution in [-0.4, -0.2) is 10.9 Å². The summed E-state index contributed by atoms with van der Waals surface area (Å²) < 4.78 is 1.04. The maximum absolute atomic E-state index is 12.1. The fourth-order valence-corrected chi connectivity index (χ4v) is 3.33. The van der Waals surface area contributed by atoms with Crippen molar-refractivity contribution in [2.45, 2.75) is 6.54 Å². The molecule has 96 valence electrons. The highest BCUT2D eigenvalue weighted by molar-refractivity contribution is 9.10. The van der Waals surface area contributed by atoms with Crippen LogP contribution in [0, 0.1) is 0 Å². The Labute approximate surface area is 122 Å². The molecule has 2 aromatic heterocycles. The summed E-state index contributed by atoms with van der Waals surface area (Å²) in [6.07, 6.45) is 0. The third-order valence-corrected chi connectivity index (χ3v) is 4.80. The molecular weight excluding hydrogens is 324 g/mol. The Hall–Kier alpha value is -1.59. The SMILES string of the molecule is O=C(NCc1sccc1Br)c1cc2ccccc2[nH]1. The molecule has 0 aliphatic heterocycles.